The molecule has 5 nitrogen and oxygen atoms in total. The zero-order valence-electron chi connectivity index (χ0n) is 22.6. The molecule has 0 aliphatic carbocycles. The van der Waals surface area contributed by atoms with Gasteiger partial charge in [0, 0.05) is 46.7 Å². The van der Waals surface area contributed by atoms with Gasteiger partial charge in [-0.15, -0.1) is 0 Å². The van der Waals surface area contributed by atoms with Crippen LogP contribution in [0.3, 0.4) is 0 Å². The summed E-state index contributed by atoms with van der Waals surface area (Å²) in [5.74, 6) is 0.863. The smallest absolute Gasteiger partial charge is 0.138 e. The molecule has 0 aliphatic rings. The summed E-state index contributed by atoms with van der Waals surface area (Å²) >= 11 is 0. The van der Waals surface area contributed by atoms with Crippen LogP contribution in [-0.2, 0) is 0 Å². The number of aromatic amines is 1. The summed E-state index contributed by atoms with van der Waals surface area (Å²) in [6.07, 6.45) is 4.29. The van der Waals surface area contributed by atoms with Crippen LogP contribution in [-0.4, -0.2) is 35.1 Å². The molecule has 0 saturated heterocycles. The molecule has 0 aliphatic heterocycles. The van der Waals surface area contributed by atoms with Crippen LogP contribution in [0.2, 0.25) is 0 Å². The van der Waals surface area contributed by atoms with Gasteiger partial charge in [-0.25, -0.2) is 4.98 Å². The van der Waals surface area contributed by atoms with Crippen molar-refractivity contribution in [2.45, 2.75) is 46.7 Å². The van der Waals surface area contributed by atoms with Crippen LogP contribution in [0.5, 0.6) is 0 Å². The summed E-state index contributed by atoms with van der Waals surface area (Å²) in [5, 5.41) is 10.2. The molecule has 0 atom stereocenters. The third kappa shape index (κ3) is 7.11. The number of H-pyrrole nitrogens is 1. The summed E-state index contributed by atoms with van der Waals surface area (Å²) in [4.78, 5) is 8.71. The molecule has 1 aromatic heterocycles. The fourth-order valence-electron chi connectivity index (χ4n) is 4.23. The Morgan fingerprint density at radius 2 is 1.27 bits per heavy atom. The second-order valence-corrected chi connectivity index (χ2v) is 9.89. The van der Waals surface area contributed by atoms with Crippen molar-refractivity contribution in [3.05, 3.63) is 84.4 Å². The third-order valence-corrected chi connectivity index (χ3v) is 5.95. The van der Waals surface area contributed by atoms with Crippen LogP contribution < -0.4 is 16.0 Å². The number of benzene rings is 3. The monoisotopic (exact) mass is 493 g/mol. The van der Waals surface area contributed by atoms with Gasteiger partial charge in [-0.3, -0.25) is 0 Å². The Kier molecular flexibility index (Phi) is 8.81. The van der Waals surface area contributed by atoms with E-state index in [-0.39, 0.29) is 0 Å². The molecule has 4 N–H and O–H groups in total. The first-order valence-electron chi connectivity index (χ1n) is 13.2. The fourth-order valence-corrected chi connectivity index (χ4v) is 4.23. The van der Waals surface area contributed by atoms with Gasteiger partial charge in [-0.05, 0) is 64.1 Å². The minimum absolute atomic E-state index is 0.386. The Hall–Kier alpha value is -3.83. The molecule has 1 heterocycles. The second-order valence-electron chi connectivity index (χ2n) is 9.89. The molecule has 3 aromatic carbocycles. The molecular weight excluding hydrogens is 454 g/mol. The molecule has 0 bridgehead atoms. The van der Waals surface area contributed by atoms with Crippen LogP contribution in [0, 0.1) is 0 Å². The van der Waals surface area contributed by atoms with Crippen molar-refractivity contribution < 1.29 is 0 Å². The first kappa shape index (κ1) is 26.2. The molecule has 0 fully saturated rings. The first-order valence-corrected chi connectivity index (χ1v) is 13.2. The first-order chi connectivity index (χ1) is 17.9. The largest absolute Gasteiger partial charge is 0.383 e. The topological polar surface area (TPSA) is 64.8 Å². The van der Waals surface area contributed by atoms with Crippen LogP contribution in [0.25, 0.3) is 40.0 Å². The minimum Gasteiger partial charge on any atom is -0.383 e. The number of aromatic nitrogens is 2. The summed E-state index contributed by atoms with van der Waals surface area (Å²) < 4.78 is 0. The van der Waals surface area contributed by atoms with Gasteiger partial charge >= 0.3 is 0 Å². The maximum absolute atomic E-state index is 5.09. The zero-order valence-corrected chi connectivity index (χ0v) is 22.6. The van der Waals surface area contributed by atoms with E-state index in [4.69, 9.17) is 4.98 Å². The lowest BCUT2D eigenvalue weighted by Crippen LogP contribution is -2.11. The van der Waals surface area contributed by atoms with Gasteiger partial charge in [0.2, 0.25) is 0 Å². The number of hydrogen-bond acceptors (Lipinski definition) is 4. The Morgan fingerprint density at radius 1 is 0.730 bits per heavy atom. The number of anilines is 2. The third-order valence-electron chi connectivity index (χ3n) is 5.95. The lowest BCUT2D eigenvalue weighted by atomic mass is 10.0. The number of rotatable bonds is 11. The Labute approximate surface area is 221 Å². The van der Waals surface area contributed by atoms with Crippen molar-refractivity contribution in [1.82, 2.24) is 15.3 Å². The van der Waals surface area contributed by atoms with Crippen molar-refractivity contribution in [2.24, 2.45) is 0 Å². The molecule has 0 saturated carbocycles. The summed E-state index contributed by atoms with van der Waals surface area (Å²) in [5.41, 5.74) is 8.62. The van der Waals surface area contributed by atoms with E-state index in [0.29, 0.717) is 12.1 Å². The zero-order chi connectivity index (χ0) is 26.2. The molecule has 4 aromatic rings. The molecule has 192 valence electrons. The minimum atomic E-state index is 0.386. The van der Waals surface area contributed by atoms with Crippen LogP contribution in [0.4, 0.5) is 11.4 Å². The predicted molar refractivity (Wildman–Crippen MR) is 160 cm³/mol. The summed E-state index contributed by atoms with van der Waals surface area (Å²) in [7, 11) is 0. The molecular formula is C32H39N5. The predicted octanol–water partition coefficient (Wildman–Crippen LogP) is 7.67. The molecule has 0 radical (unpaired) electrons. The van der Waals surface area contributed by atoms with E-state index in [1.165, 1.54) is 5.56 Å². The summed E-state index contributed by atoms with van der Waals surface area (Å²) in [6, 6.07) is 26.4. The van der Waals surface area contributed by atoms with Crippen molar-refractivity contribution in [3.8, 4) is 33.9 Å². The highest BCUT2D eigenvalue weighted by atomic mass is 14.9. The van der Waals surface area contributed by atoms with Gasteiger partial charge in [-0.1, -0.05) is 67.6 Å². The normalized spacial score (nSPS) is 11.5. The van der Waals surface area contributed by atoms with E-state index in [1.807, 2.05) is 0 Å². The number of likely N-dealkylation sites (N-methyl/N-ethyl adjacent to an activating group) is 1. The fraction of sp³-hybridized carbons (Fsp3) is 0.281. The highest BCUT2D eigenvalue weighted by molar-refractivity contribution is 5.82. The van der Waals surface area contributed by atoms with E-state index in [1.54, 1.807) is 0 Å². The number of hydrogen-bond donors (Lipinski definition) is 4. The average molecular weight is 494 g/mol. The lowest BCUT2D eigenvalue weighted by Gasteiger charge is -2.11. The number of imidazole rings is 1. The Bertz CT molecular complexity index is 1210. The van der Waals surface area contributed by atoms with Gasteiger partial charge < -0.3 is 20.9 Å². The highest BCUT2D eigenvalue weighted by Crippen LogP contribution is 2.34. The molecule has 0 unspecified atom stereocenters. The maximum Gasteiger partial charge on any atom is 0.138 e. The molecule has 5 heteroatoms. The molecule has 0 amide bonds. The van der Waals surface area contributed by atoms with Crippen molar-refractivity contribution in [1.29, 1.82) is 0 Å². The number of nitrogens with zero attached hydrogens (tertiary/aromatic N) is 1. The van der Waals surface area contributed by atoms with Gasteiger partial charge in [0.15, 0.2) is 0 Å². The van der Waals surface area contributed by atoms with Crippen LogP contribution in [0.15, 0.2) is 78.9 Å². The molecule has 0 spiro atoms. The lowest BCUT2D eigenvalue weighted by molar-refractivity contribution is 0.801. The van der Waals surface area contributed by atoms with Gasteiger partial charge in [-0.2, -0.15) is 0 Å². The summed E-state index contributed by atoms with van der Waals surface area (Å²) in [6.45, 7) is 12.5. The van der Waals surface area contributed by atoms with E-state index >= 15 is 0 Å². The van der Waals surface area contributed by atoms with Crippen molar-refractivity contribution in [3.63, 3.8) is 0 Å². The maximum atomic E-state index is 5.09. The van der Waals surface area contributed by atoms with Crippen molar-refractivity contribution in [2.75, 3.05) is 23.7 Å². The van der Waals surface area contributed by atoms with Gasteiger partial charge in [0.1, 0.15) is 5.82 Å². The Balaban J connectivity index is 1.68. The average Bonchev–Trinajstić information content (AvgIpc) is 3.33. The van der Waals surface area contributed by atoms with E-state index in [9.17, 15) is 0 Å². The van der Waals surface area contributed by atoms with Crippen LogP contribution in [0.1, 0.15) is 40.2 Å². The van der Waals surface area contributed by atoms with Crippen LogP contribution >= 0.6 is 0 Å². The Morgan fingerprint density at radius 3 is 1.81 bits per heavy atom. The quantitative estimate of drug-likeness (QED) is 0.162. The highest BCUT2D eigenvalue weighted by Gasteiger charge is 2.16. The van der Waals surface area contributed by atoms with E-state index in [0.717, 1.165) is 58.4 Å². The van der Waals surface area contributed by atoms with Crippen molar-refractivity contribution >= 4 is 17.5 Å². The van der Waals surface area contributed by atoms with E-state index in [2.05, 4.69) is 141 Å². The van der Waals surface area contributed by atoms with Gasteiger partial charge in [0.05, 0.1) is 11.4 Å². The SMILES string of the molecule is CCNCC=Cc1ccc(-c2nc(-c3ccc(NC(C)C)cc3)c(-c3ccc(NC(C)C)cc3)[nH]2)cc1. The number of nitrogens with one attached hydrogen (secondary N) is 4. The second kappa shape index (κ2) is 12.4. The molecule has 4 rings (SSSR count). The standard InChI is InChI=1S/C32H39N5/c1-6-33-21-7-8-24-9-11-27(12-10-24)32-36-30(25-13-17-28(18-14-25)34-22(2)3)31(37-32)26-15-19-29(20-16-26)35-23(4)5/h7-20,22-23,33-35H,6,21H2,1-5H3,(H,36,37). The van der Waals surface area contributed by atoms with Gasteiger partial charge in [0.25, 0.3) is 0 Å². The molecule has 37 heavy (non-hydrogen) atoms. The van der Waals surface area contributed by atoms with E-state index < -0.39 is 0 Å².